The van der Waals surface area contributed by atoms with Crippen molar-refractivity contribution in [3.8, 4) is 22.5 Å². The van der Waals surface area contributed by atoms with Crippen LogP contribution in [0.5, 0.6) is 0 Å². The molecule has 0 aliphatic rings. The number of fused-ring (bicyclic) bond motifs is 9. The van der Waals surface area contributed by atoms with Crippen molar-refractivity contribution in [2.75, 3.05) is 0 Å². The minimum atomic E-state index is 0.0946. The summed E-state index contributed by atoms with van der Waals surface area (Å²) in [6.45, 7) is 6.84. The zero-order chi connectivity index (χ0) is 32.9. The van der Waals surface area contributed by atoms with Crippen LogP contribution in [0.15, 0.2) is 156 Å². The molecule has 10 rings (SSSR count). The van der Waals surface area contributed by atoms with Crippen LogP contribution in [0.1, 0.15) is 26.3 Å². The summed E-state index contributed by atoms with van der Waals surface area (Å²) < 4.78 is 11.0. The lowest BCUT2D eigenvalue weighted by molar-refractivity contribution is 0.591. The fraction of sp³-hybridized carbons (Fsp3) is 0.0870. The van der Waals surface area contributed by atoms with Crippen LogP contribution in [0.3, 0.4) is 0 Å². The van der Waals surface area contributed by atoms with E-state index in [0.29, 0.717) is 0 Å². The highest BCUT2D eigenvalue weighted by atomic mass is 16.3. The fourth-order valence-electron chi connectivity index (χ4n) is 7.79. The van der Waals surface area contributed by atoms with Crippen LogP contribution in [0.4, 0.5) is 0 Å². The maximum Gasteiger partial charge on any atom is 0.136 e. The molecule has 0 N–H and O–H groups in total. The van der Waals surface area contributed by atoms with Gasteiger partial charge >= 0.3 is 0 Å². The van der Waals surface area contributed by atoms with Crippen LogP contribution in [0, 0.1) is 0 Å². The lowest BCUT2D eigenvalue weighted by Gasteiger charge is -2.19. The highest BCUT2D eigenvalue weighted by Crippen LogP contribution is 2.39. The Bertz CT molecular complexity index is 2890. The Morgan fingerprint density at radius 3 is 1.51 bits per heavy atom. The van der Waals surface area contributed by atoms with Crippen LogP contribution < -0.4 is 0 Å². The average Bonchev–Trinajstić information content (AvgIpc) is 3.77. The molecular formula is C46H34N2O. The van der Waals surface area contributed by atoms with Gasteiger partial charge in [0.15, 0.2) is 0 Å². The third-order valence-electron chi connectivity index (χ3n) is 10.3. The van der Waals surface area contributed by atoms with Crippen molar-refractivity contribution < 1.29 is 4.42 Å². The van der Waals surface area contributed by atoms with Crippen LogP contribution in [0.2, 0.25) is 0 Å². The van der Waals surface area contributed by atoms with Gasteiger partial charge in [-0.3, -0.25) is 0 Å². The van der Waals surface area contributed by atoms with Gasteiger partial charge in [-0.25, -0.2) is 0 Å². The smallest absolute Gasteiger partial charge is 0.136 e. The first-order chi connectivity index (χ1) is 23.9. The van der Waals surface area contributed by atoms with Crippen molar-refractivity contribution >= 4 is 65.6 Å². The molecule has 234 valence electrons. The topological polar surface area (TPSA) is 23.0 Å². The molecule has 0 atom stereocenters. The number of benzene rings is 7. The maximum atomic E-state index is 6.27. The van der Waals surface area contributed by atoms with Gasteiger partial charge in [0.25, 0.3) is 0 Å². The Morgan fingerprint density at radius 2 is 0.898 bits per heavy atom. The molecule has 0 unspecified atom stereocenters. The zero-order valence-electron chi connectivity index (χ0n) is 27.7. The van der Waals surface area contributed by atoms with Crippen molar-refractivity contribution in [3.05, 3.63) is 157 Å². The maximum absolute atomic E-state index is 6.27. The standard InChI is InChI=1S/C46H34N2O/c1-46(2,3)31-20-25-42-37(26-31)34-10-4-7-13-40(34)47(42)32-21-16-29(17-22-32)30-18-23-33(24-19-30)48-41-14-8-5-11-35(41)38-28-45-39(27-43(38)48)36-12-6-9-15-44(36)49-45/h4-28H,1-3H3. The van der Waals surface area contributed by atoms with Gasteiger partial charge in [-0.2, -0.15) is 0 Å². The Balaban J connectivity index is 1.06. The predicted molar refractivity (Wildman–Crippen MR) is 207 cm³/mol. The molecule has 0 aliphatic heterocycles. The van der Waals surface area contributed by atoms with E-state index in [2.05, 4.69) is 169 Å². The number of rotatable bonds is 3. The van der Waals surface area contributed by atoms with E-state index in [-0.39, 0.29) is 5.41 Å². The molecule has 0 aliphatic carbocycles. The van der Waals surface area contributed by atoms with E-state index in [1.165, 1.54) is 66.0 Å². The van der Waals surface area contributed by atoms with Gasteiger partial charge in [-0.15, -0.1) is 0 Å². The first-order valence-electron chi connectivity index (χ1n) is 17.0. The molecule has 10 aromatic rings. The third kappa shape index (κ3) is 4.22. The van der Waals surface area contributed by atoms with Crippen LogP contribution in [-0.2, 0) is 5.41 Å². The van der Waals surface area contributed by atoms with Gasteiger partial charge in [-0.1, -0.05) is 106 Å². The summed E-state index contributed by atoms with van der Waals surface area (Å²) in [5.74, 6) is 0. The molecule has 0 bridgehead atoms. The lowest BCUT2D eigenvalue weighted by Crippen LogP contribution is -2.10. The van der Waals surface area contributed by atoms with Crippen LogP contribution in [0.25, 0.3) is 88.1 Å². The second-order valence-electron chi connectivity index (χ2n) is 14.2. The number of nitrogens with zero attached hydrogens (tertiary/aromatic N) is 2. The van der Waals surface area contributed by atoms with E-state index >= 15 is 0 Å². The highest BCUT2D eigenvalue weighted by Gasteiger charge is 2.19. The van der Waals surface area contributed by atoms with Crippen LogP contribution in [-0.4, -0.2) is 9.13 Å². The van der Waals surface area contributed by atoms with Crippen molar-refractivity contribution in [2.45, 2.75) is 26.2 Å². The fourth-order valence-corrected chi connectivity index (χ4v) is 7.79. The number of para-hydroxylation sites is 3. The lowest BCUT2D eigenvalue weighted by atomic mass is 9.86. The Morgan fingerprint density at radius 1 is 0.388 bits per heavy atom. The molecular weight excluding hydrogens is 597 g/mol. The summed E-state index contributed by atoms with van der Waals surface area (Å²) in [5, 5.41) is 7.29. The van der Waals surface area contributed by atoms with Crippen molar-refractivity contribution in [1.29, 1.82) is 0 Å². The van der Waals surface area contributed by atoms with Gasteiger partial charge in [0, 0.05) is 43.7 Å². The normalized spacial score (nSPS) is 12.4. The van der Waals surface area contributed by atoms with Crippen molar-refractivity contribution in [1.82, 2.24) is 9.13 Å². The van der Waals surface area contributed by atoms with E-state index in [0.717, 1.165) is 27.6 Å². The molecule has 0 fully saturated rings. The van der Waals surface area contributed by atoms with E-state index in [4.69, 9.17) is 4.42 Å². The van der Waals surface area contributed by atoms with Gasteiger partial charge in [0.2, 0.25) is 0 Å². The SMILES string of the molecule is CC(C)(C)c1ccc2c(c1)c1ccccc1n2-c1ccc(-c2ccc(-n3c4ccccc4c4cc5oc6ccccc6c5cc43)cc2)cc1. The van der Waals surface area contributed by atoms with E-state index in [1.807, 2.05) is 12.1 Å². The molecule has 3 nitrogen and oxygen atoms in total. The first-order valence-corrected chi connectivity index (χ1v) is 17.0. The van der Waals surface area contributed by atoms with E-state index in [9.17, 15) is 0 Å². The molecule has 0 saturated carbocycles. The van der Waals surface area contributed by atoms with Crippen molar-refractivity contribution in [3.63, 3.8) is 0 Å². The first kappa shape index (κ1) is 28.0. The predicted octanol–water partition coefficient (Wildman–Crippen LogP) is 12.7. The summed E-state index contributed by atoms with van der Waals surface area (Å²) in [6, 6.07) is 55.1. The Kier molecular flexibility index (Phi) is 5.84. The highest BCUT2D eigenvalue weighted by molar-refractivity contribution is 6.17. The summed E-state index contributed by atoms with van der Waals surface area (Å²) in [4.78, 5) is 0. The third-order valence-corrected chi connectivity index (χ3v) is 10.3. The number of hydrogen-bond donors (Lipinski definition) is 0. The average molecular weight is 631 g/mol. The molecule has 3 heterocycles. The molecule has 7 aromatic carbocycles. The van der Waals surface area contributed by atoms with Gasteiger partial charge in [0.1, 0.15) is 11.2 Å². The summed E-state index contributed by atoms with van der Waals surface area (Å²) >= 11 is 0. The monoisotopic (exact) mass is 630 g/mol. The minimum Gasteiger partial charge on any atom is -0.456 e. The number of aromatic nitrogens is 2. The zero-order valence-corrected chi connectivity index (χ0v) is 27.7. The van der Waals surface area contributed by atoms with Gasteiger partial charge < -0.3 is 13.6 Å². The molecule has 0 amide bonds. The minimum absolute atomic E-state index is 0.0946. The van der Waals surface area contributed by atoms with Crippen LogP contribution >= 0.6 is 0 Å². The van der Waals surface area contributed by atoms with Gasteiger partial charge in [-0.05, 0) is 88.8 Å². The Labute approximate surface area is 284 Å². The van der Waals surface area contributed by atoms with E-state index < -0.39 is 0 Å². The molecule has 49 heavy (non-hydrogen) atoms. The summed E-state index contributed by atoms with van der Waals surface area (Å²) in [6.07, 6.45) is 0. The molecule has 0 saturated heterocycles. The molecule has 0 spiro atoms. The Hall–Kier alpha value is -6.06. The summed E-state index contributed by atoms with van der Waals surface area (Å²) in [5.41, 5.74) is 12.8. The van der Waals surface area contributed by atoms with E-state index in [1.54, 1.807) is 0 Å². The largest absolute Gasteiger partial charge is 0.456 e. The second-order valence-corrected chi connectivity index (χ2v) is 14.2. The van der Waals surface area contributed by atoms with Gasteiger partial charge in [0.05, 0.1) is 22.1 Å². The molecule has 0 radical (unpaired) electrons. The molecule has 3 heteroatoms. The summed E-state index contributed by atoms with van der Waals surface area (Å²) in [7, 11) is 0. The second kappa shape index (κ2) is 10.2. The quantitative estimate of drug-likeness (QED) is 0.190. The number of furan rings is 1. The van der Waals surface area contributed by atoms with Crippen molar-refractivity contribution in [2.24, 2.45) is 0 Å². The number of hydrogen-bond acceptors (Lipinski definition) is 1. The molecule has 3 aromatic heterocycles.